The molecule has 0 saturated carbocycles. The van der Waals surface area contributed by atoms with Crippen molar-refractivity contribution in [3.05, 3.63) is 71.4 Å². The predicted octanol–water partition coefficient (Wildman–Crippen LogP) is 4.33. The molecule has 0 aliphatic rings. The minimum absolute atomic E-state index is 0.114. The van der Waals surface area contributed by atoms with E-state index in [2.05, 4.69) is 10.3 Å². The number of amides is 1. The number of hydrogen-bond donors (Lipinski definition) is 2. The van der Waals surface area contributed by atoms with Crippen molar-refractivity contribution in [2.24, 2.45) is 0 Å². The zero-order valence-corrected chi connectivity index (χ0v) is 14.2. The zero-order valence-electron chi connectivity index (χ0n) is 13.4. The monoisotopic (exact) mass is 349 g/mol. The minimum atomic E-state index is -0.208. The molecule has 0 spiro atoms. The lowest BCUT2D eigenvalue weighted by Crippen LogP contribution is -2.11. The van der Waals surface area contributed by atoms with Crippen molar-refractivity contribution >= 4 is 27.9 Å². The summed E-state index contributed by atoms with van der Waals surface area (Å²) in [5, 5.41) is 12.3. The van der Waals surface area contributed by atoms with E-state index in [1.54, 1.807) is 18.2 Å². The molecule has 2 aromatic heterocycles. The molecule has 0 aliphatic carbocycles. The number of imidazole rings is 1. The smallest absolute Gasteiger partial charge is 0.267 e. The summed E-state index contributed by atoms with van der Waals surface area (Å²) in [4.78, 5) is 18.6. The Kier molecular flexibility index (Phi) is 3.74. The molecule has 0 saturated heterocycles. The highest BCUT2D eigenvalue weighted by atomic mass is 32.1. The van der Waals surface area contributed by atoms with Crippen LogP contribution in [0.4, 0.5) is 5.69 Å². The van der Waals surface area contributed by atoms with Gasteiger partial charge in [-0.25, -0.2) is 4.98 Å². The van der Waals surface area contributed by atoms with E-state index < -0.39 is 0 Å². The van der Waals surface area contributed by atoms with E-state index in [4.69, 9.17) is 0 Å². The maximum atomic E-state index is 12.5. The molecular formula is C19H15N3O2S. The number of aromatic nitrogens is 2. The number of hydrogen-bond acceptors (Lipinski definition) is 4. The topological polar surface area (TPSA) is 66.6 Å². The average molecular weight is 349 g/mol. The minimum Gasteiger partial charge on any atom is -0.508 e. The normalized spacial score (nSPS) is 10.9. The molecule has 4 aromatic rings. The molecule has 6 heteroatoms. The van der Waals surface area contributed by atoms with Gasteiger partial charge in [0.15, 0.2) is 4.96 Å². The van der Waals surface area contributed by atoms with Gasteiger partial charge in [0.25, 0.3) is 5.91 Å². The van der Waals surface area contributed by atoms with Crippen LogP contribution in [0.5, 0.6) is 5.75 Å². The van der Waals surface area contributed by atoms with Crippen LogP contribution in [0.1, 0.15) is 15.4 Å². The summed E-state index contributed by atoms with van der Waals surface area (Å²) in [5.41, 5.74) is 3.33. The fourth-order valence-electron chi connectivity index (χ4n) is 2.68. The van der Waals surface area contributed by atoms with Gasteiger partial charge in [0, 0.05) is 29.2 Å². The fraction of sp³-hybridized carbons (Fsp3) is 0.0526. The quantitative estimate of drug-likeness (QED) is 0.578. The van der Waals surface area contributed by atoms with Crippen LogP contribution in [0.3, 0.4) is 0 Å². The number of benzene rings is 2. The van der Waals surface area contributed by atoms with Crippen LogP contribution >= 0.6 is 11.3 Å². The van der Waals surface area contributed by atoms with E-state index in [-0.39, 0.29) is 11.7 Å². The molecular weight excluding hydrogens is 334 g/mol. The van der Waals surface area contributed by atoms with Crippen molar-refractivity contribution < 1.29 is 9.90 Å². The van der Waals surface area contributed by atoms with Crippen molar-refractivity contribution in [2.45, 2.75) is 6.92 Å². The molecule has 0 aliphatic heterocycles. The lowest BCUT2D eigenvalue weighted by atomic mass is 10.2. The van der Waals surface area contributed by atoms with Crippen LogP contribution in [0.15, 0.2) is 60.8 Å². The van der Waals surface area contributed by atoms with E-state index in [1.165, 1.54) is 17.4 Å². The Morgan fingerprint density at radius 3 is 2.68 bits per heavy atom. The first-order chi connectivity index (χ1) is 12.1. The van der Waals surface area contributed by atoms with Crippen molar-refractivity contribution in [1.29, 1.82) is 0 Å². The van der Waals surface area contributed by atoms with Gasteiger partial charge in [0.2, 0.25) is 0 Å². The van der Waals surface area contributed by atoms with Crippen molar-refractivity contribution in [3.8, 4) is 17.0 Å². The molecule has 5 nitrogen and oxygen atoms in total. The third-order valence-electron chi connectivity index (χ3n) is 3.94. The lowest BCUT2D eigenvalue weighted by Gasteiger charge is -2.04. The Balaban J connectivity index is 1.66. The Labute approximate surface area is 148 Å². The third kappa shape index (κ3) is 2.88. The molecule has 124 valence electrons. The van der Waals surface area contributed by atoms with E-state index >= 15 is 0 Å². The first kappa shape index (κ1) is 15.4. The summed E-state index contributed by atoms with van der Waals surface area (Å²) in [6.07, 6.45) is 1.95. The largest absolute Gasteiger partial charge is 0.508 e. The molecule has 2 aromatic carbocycles. The number of carbonyl (C=O) groups is 1. The Morgan fingerprint density at radius 1 is 1.16 bits per heavy atom. The number of nitrogens with one attached hydrogen (secondary N) is 1. The first-order valence-electron chi connectivity index (χ1n) is 7.76. The average Bonchev–Trinajstić information content (AvgIpc) is 3.15. The highest BCUT2D eigenvalue weighted by molar-refractivity contribution is 7.19. The van der Waals surface area contributed by atoms with Crippen LogP contribution in [0, 0.1) is 6.92 Å². The highest BCUT2D eigenvalue weighted by Gasteiger charge is 2.18. The van der Waals surface area contributed by atoms with Crippen LogP contribution in [-0.2, 0) is 0 Å². The number of thiazole rings is 1. The number of anilines is 1. The number of rotatable bonds is 3. The molecule has 25 heavy (non-hydrogen) atoms. The molecule has 2 heterocycles. The molecule has 0 radical (unpaired) electrons. The Bertz CT molecular complexity index is 1070. The first-order valence-corrected chi connectivity index (χ1v) is 8.58. The van der Waals surface area contributed by atoms with Gasteiger partial charge >= 0.3 is 0 Å². The van der Waals surface area contributed by atoms with Gasteiger partial charge in [-0.1, -0.05) is 47.7 Å². The molecule has 4 rings (SSSR count). The number of phenolic OH excluding ortho intramolecular Hbond substituents is 1. The highest BCUT2D eigenvalue weighted by Crippen LogP contribution is 2.28. The fourth-order valence-corrected chi connectivity index (χ4v) is 3.68. The van der Waals surface area contributed by atoms with Gasteiger partial charge in [0.1, 0.15) is 10.6 Å². The van der Waals surface area contributed by atoms with Crippen LogP contribution < -0.4 is 5.32 Å². The zero-order chi connectivity index (χ0) is 17.4. The molecule has 0 unspecified atom stereocenters. The number of carbonyl (C=O) groups excluding carboxylic acids is 1. The van der Waals surface area contributed by atoms with Gasteiger partial charge in [-0.05, 0) is 19.1 Å². The second kappa shape index (κ2) is 6.07. The van der Waals surface area contributed by atoms with Crippen LogP contribution in [0.25, 0.3) is 16.2 Å². The second-order valence-corrected chi connectivity index (χ2v) is 6.64. The lowest BCUT2D eigenvalue weighted by molar-refractivity contribution is 0.102. The van der Waals surface area contributed by atoms with E-state index in [9.17, 15) is 9.90 Å². The summed E-state index contributed by atoms with van der Waals surface area (Å²) in [5.74, 6) is -0.0946. The molecule has 1 amide bonds. The predicted molar refractivity (Wildman–Crippen MR) is 99.3 cm³/mol. The van der Waals surface area contributed by atoms with Gasteiger partial charge in [0.05, 0.1) is 5.69 Å². The molecule has 0 bridgehead atoms. The van der Waals surface area contributed by atoms with Crippen LogP contribution in [0.2, 0.25) is 0 Å². The standard InChI is InChI=1S/C19H15N3O2S/c1-12-17(18(24)20-14-8-5-9-15(23)10-14)25-19-21-16(11-22(12)19)13-6-3-2-4-7-13/h2-11,23H,1H3,(H,20,24). The SMILES string of the molecule is Cc1c(C(=O)Nc2cccc(O)c2)sc2nc(-c3ccccc3)cn12. The van der Waals surface area contributed by atoms with E-state index in [1.807, 2.05) is 47.9 Å². The van der Waals surface area contributed by atoms with Crippen molar-refractivity contribution in [3.63, 3.8) is 0 Å². The van der Waals surface area contributed by atoms with Gasteiger partial charge in [-0.3, -0.25) is 9.20 Å². The maximum Gasteiger partial charge on any atom is 0.267 e. The van der Waals surface area contributed by atoms with Crippen LogP contribution in [-0.4, -0.2) is 20.4 Å². The number of aromatic hydroxyl groups is 1. The Morgan fingerprint density at radius 2 is 1.96 bits per heavy atom. The molecule has 0 atom stereocenters. The van der Waals surface area contributed by atoms with E-state index in [0.717, 1.165) is 21.9 Å². The summed E-state index contributed by atoms with van der Waals surface area (Å²) in [6, 6.07) is 16.4. The summed E-state index contributed by atoms with van der Waals surface area (Å²) >= 11 is 1.35. The second-order valence-electron chi connectivity index (χ2n) is 5.67. The van der Waals surface area contributed by atoms with Gasteiger partial charge < -0.3 is 10.4 Å². The summed E-state index contributed by atoms with van der Waals surface area (Å²) in [6.45, 7) is 1.90. The molecule has 2 N–H and O–H groups in total. The van der Waals surface area contributed by atoms with Crippen molar-refractivity contribution in [2.75, 3.05) is 5.32 Å². The number of aryl methyl sites for hydroxylation is 1. The van der Waals surface area contributed by atoms with Gasteiger partial charge in [-0.2, -0.15) is 0 Å². The number of phenols is 1. The Hall–Kier alpha value is -3.12. The maximum absolute atomic E-state index is 12.5. The molecule has 0 fully saturated rings. The number of fused-ring (bicyclic) bond motifs is 1. The van der Waals surface area contributed by atoms with E-state index in [0.29, 0.717) is 10.6 Å². The summed E-state index contributed by atoms with van der Waals surface area (Å²) < 4.78 is 1.93. The number of nitrogens with zero attached hydrogens (tertiary/aromatic N) is 2. The van der Waals surface area contributed by atoms with Crippen molar-refractivity contribution in [1.82, 2.24) is 9.38 Å². The van der Waals surface area contributed by atoms with Gasteiger partial charge in [-0.15, -0.1) is 0 Å². The third-order valence-corrected chi connectivity index (χ3v) is 5.09. The summed E-state index contributed by atoms with van der Waals surface area (Å²) in [7, 11) is 0.